The summed E-state index contributed by atoms with van der Waals surface area (Å²) in [7, 11) is 0. The summed E-state index contributed by atoms with van der Waals surface area (Å²) in [4.78, 5) is 30.7. The molecule has 29 heavy (non-hydrogen) atoms. The SMILES string of the molecule is CCOC(=O)CN(C(=O)CSc1n[nH]c(CCC2CCCC2)n1)c1ccccc1. The maximum atomic E-state index is 12.8. The molecule has 0 saturated heterocycles. The Bertz CT molecular complexity index is 790. The van der Waals surface area contributed by atoms with Gasteiger partial charge in [-0.2, -0.15) is 0 Å². The molecule has 1 aliphatic carbocycles. The van der Waals surface area contributed by atoms with Crippen molar-refractivity contribution in [2.24, 2.45) is 5.92 Å². The van der Waals surface area contributed by atoms with Crippen molar-refractivity contribution in [2.75, 3.05) is 23.8 Å². The second-order valence-electron chi connectivity index (χ2n) is 7.16. The molecule has 0 unspecified atom stereocenters. The van der Waals surface area contributed by atoms with Crippen LogP contribution < -0.4 is 4.90 Å². The summed E-state index contributed by atoms with van der Waals surface area (Å²) in [5, 5.41) is 7.76. The van der Waals surface area contributed by atoms with Gasteiger partial charge in [0.2, 0.25) is 11.1 Å². The third kappa shape index (κ3) is 6.59. The van der Waals surface area contributed by atoms with E-state index in [1.54, 1.807) is 19.1 Å². The Morgan fingerprint density at radius 3 is 2.72 bits per heavy atom. The number of aryl methyl sites for hydroxylation is 1. The second-order valence-corrected chi connectivity index (χ2v) is 8.11. The standard InChI is InChI=1S/C21H28N4O3S/c1-2-28-20(27)14-25(17-10-4-3-5-11-17)19(26)15-29-21-22-18(23-24-21)13-12-16-8-6-7-9-16/h3-5,10-11,16H,2,6-9,12-15H2,1H3,(H,22,23,24). The second kappa shape index (κ2) is 11.0. The van der Waals surface area contributed by atoms with Crippen LogP contribution in [0.15, 0.2) is 35.5 Å². The van der Waals surface area contributed by atoms with Crippen LogP contribution in [0.5, 0.6) is 0 Å². The van der Waals surface area contributed by atoms with E-state index in [9.17, 15) is 9.59 Å². The molecule has 1 saturated carbocycles. The zero-order valence-corrected chi connectivity index (χ0v) is 17.6. The third-order valence-corrected chi connectivity index (χ3v) is 5.89. The maximum Gasteiger partial charge on any atom is 0.326 e. The van der Waals surface area contributed by atoms with E-state index in [-0.39, 0.29) is 24.8 Å². The van der Waals surface area contributed by atoms with Gasteiger partial charge in [-0.3, -0.25) is 14.7 Å². The lowest BCUT2D eigenvalue weighted by atomic mass is 10.0. The van der Waals surface area contributed by atoms with Gasteiger partial charge in [0.05, 0.1) is 12.4 Å². The van der Waals surface area contributed by atoms with E-state index >= 15 is 0 Å². The fourth-order valence-electron chi connectivity index (χ4n) is 3.57. The van der Waals surface area contributed by atoms with Crippen LogP contribution in [0.2, 0.25) is 0 Å². The number of carbonyl (C=O) groups excluding carboxylic acids is 2. The predicted molar refractivity (Wildman–Crippen MR) is 113 cm³/mol. The lowest BCUT2D eigenvalue weighted by Crippen LogP contribution is -2.37. The number of nitrogens with one attached hydrogen (secondary N) is 1. The van der Waals surface area contributed by atoms with Crippen molar-refractivity contribution in [3.05, 3.63) is 36.2 Å². The summed E-state index contributed by atoms with van der Waals surface area (Å²) in [6.45, 7) is 1.92. The summed E-state index contributed by atoms with van der Waals surface area (Å²) in [6.07, 6.45) is 7.35. The maximum absolute atomic E-state index is 12.8. The number of para-hydroxylation sites is 1. The summed E-state index contributed by atoms with van der Waals surface area (Å²) in [5.41, 5.74) is 0.665. The van der Waals surface area contributed by atoms with Gasteiger partial charge in [-0.25, -0.2) is 4.98 Å². The molecule has 1 heterocycles. The summed E-state index contributed by atoms with van der Waals surface area (Å²) in [5.74, 6) is 1.21. The van der Waals surface area contributed by atoms with Gasteiger partial charge in [0.15, 0.2) is 0 Å². The first-order valence-electron chi connectivity index (χ1n) is 10.2. The number of anilines is 1. The first-order chi connectivity index (χ1) is 14.2. The minimum atomic E-state index is -0.429. The van der Waals surface area contributed by atoms with E-state index in [1.165, 1.54) is 42.3 Å². The number of carbonyl (C=O) groups is 2. The van der Waals surface area contributed by atoms with Crippen molar-refractivity contribution in [3.8, 4) is 0 Å². The smallest absolute Gasteiger partial charge is 0.326 e. The molecule has 7 nitrogen and oxygen atoms in total. The van der Waals surface area contributed by atoms with Crippen LogP contribution in [0.4, 0.5) is 5.69 Å². The Balaban J connectivity index is 1.54. The number of esters is 1. The molecule has 1 fully saturated rings. The summed E-state index contributed by atoms with van der Waals surface area (Å²) in [6, 6.07) is 9.14. The van der Waals surface area contributed by atoms with E-state index in [2.05, 4.69) is 15.2 Å². The van der Waals surface area contributed by atoms with Gasteiger partial charge < -0.3 is 9.64 Å². The summed E-state index contributed by atoms with van der Waals surface area (Å²) < 4.78 is 5.01. The fourth-order valence-corrected chi connectivity index (χ4v) is 4.26. The molecule has 3 rings (SSSR count). The van der Waals surface area contributed by atoms with Crippen molar-refractivity contribution in [2.45, 2.75) is 50.6 Å². The minimum absolute atomic E-state index is 0.113. The molecule has 0 radical (unpaired) electrons. The van der Waals surface area contributed by atoms with Gasteiger partial charge in [-0.05, 0) is 31.4 Å². The highest BCUT2D eigenvalue weighted by molar-refractivity contribution is 7.99. The third-order valence-electron chi connectivity index (χ3n) is 5.06. The molecule has 1 aromatic carbocycles. The quantitative estimate of drug-likeness (QED) is 0.470. The van der Waals surface area contributed by atoms with Gasteiger partial charge in [0, 0.05) is 12.1 Å². The van der Waals surface area contributed by atoms with Crippen LogP contribution in [0, 0.1) is 5.92 Å². The normalized spacial score (nSPS) is 14.1. The van der Waals surface area contributed by atoms with Crippen LogP contribution in [0.25, 0.3) is 0 Å². The molecule has 1 aliphatic rings. The molecular formula is C21H28N4O3S. The molecule has 1 amide bonds. The Labute approximate surface area is 175 Å². The average molecular weight is 417 g/mol. The molecule has 0 aliphatic heterocycles. The monoisotopic (exact) mass is 416 g/mol. The Morgan fingerprint density at radius 2 is 2.00 bits per heavy atom. The largest absolute Gasteiger partial charge is 0.465 e. The summed E-state index contributed by atoms with van der Waals surface area (Å²) >= 11 is 1.27. The van der Waals surface area contributed by atoms with Crippen molar-refractivity contribution in [3.63, 3.8) is 0 Å². The molecule has 156 valence electrons. The fraction of sp³-hybridized carbons (Fsp3) is 0.524. The molecule has 1 N–H and O–H groups in total. The van der Waals surface area contributed by atoms with E-state index in [0.29, 0.717) is 10.8 Å². The van der Waals surface area contributed by atoms with E-state index in [4.69, 9.17) is 4.74 Å². The van der Waals surface area contributed by atoms with Gasteiger partial charge >= 0.3 is 5.97 Å². The number of thioether (sulfide) groups is 1. The number of amides is 1. The van der Waals surface area contributed by atoms with Crippen LogP contribution >= 0.6 is 11.8 Å². The van der Waals surface area contributed by atoms with Gasteiger partial charge in [0.25, 0.3) is 0 Å². The molecular weight excluding hydrogens is 388 g/mol. The van der Waals surface area contributed by atoms with Gasteiger partial charge in [-0.1, -0.05) is 55.6 Å². The van der Waals surface area contributed by atoms with Crippen LogP contribution in [-0.2, 0) is 20.7 Å². The van der Waals surface area contributed by atoms with Crippen LogP contribution in [0.1, 0.15) is 44.9 Å². The highest BCUT2D eigenvalue weighted by atomic mass is 32.2. The number of H-pyrrole nitrogens is 1. The van der Waals surface area contributed by atoms with Crippen molar-refractivity contribution >= 4 is 29.3 Å². The number of aromatic amines is 1. The number of nitrogens with zero attached hydrogens (tertiary/aromatic N) is 3. The molecule has 8 heteroatoms. The van der Waals surface area contributed by atoms with Crippen molar-refractivity contribution in [1.29, 1.82) is 0 Å². The van der Waals surface area contributed by atoms with Gasteiger partial charge in [-0.15, -0.1) is 5.10 Å². The lowest BCUT2D eigenvalue weighted by Gasteiger charge is -2.21. The van der Waals surface area contributed by atoms with Gasteiger partial charge in [0.1, 0.15) is 12.4 Å². The topological polar surface area (TPSA) is 88.2 Å². The molecule has 0 spiro atoms. The Hall–Kier alpha value is -2.35. The lowest BCUT2D eigenvalue weighted by molar-refractivity contribution is -0.142. The molecule has 0 bridgehead atoms. The molecule has 1 aromatic heterocycles. The number of ether oxygens (including phenoxy) is 1. The Morgan fingerprint density at radius 1 is 1.24 bits per heavy atom. The zero-order chi connectivity index (χ0) is 20.5. The Kier molecular flexibility index (Phi) is 8.10. The molecule has 2 aromatic rings. The number of rotatable bonds is 10. The first kappa shape index (κ1) is 21.4. The van der Waals surface area contributed by atoms with Crippen LogP contribution in [-0.4, -0.2) is 46.0 Å². The van der Waals surface area contributed by atoms with Crippen molar-refractivity contribution in [1.82, 2.24) is 15.2 Å². The highest BCUT2D eigenvalue weighted by Gasteiger charge is 2.21. The molecule has 0 atom stereocenters. The van der Waals surface area contributed by atoms with E-state index < -0.39 is 5.97 Å². The average Bonchev–Trinajstić information content (AvgIpc) is 3.41. The number of hydrogen-bond donors (Lipinski definition) is 1. The first-order valence-corrected chi connectivity index (χ1v) is 11.2. The highest BCUT2D eigenvalue weighted by Crippen LogP contribution is 2.28. The zero-order valence-electron chi connectivity index (χ0n) is 16.8. The number of aromatic nitrogens is 3. The minimum Gasteiger partial charge on any atom is -0.465 e. The van der Waals surface area contributed by atoms with Crippen LogP contribution in [0.3, 0.4) is 0 Å². The van der Waals surface area contributed by atoms with Crippen molar-refractivity contribution < 1.29 is 14.3 Å². The number of benzene rings is 1. The number of hydrogen-bond acceptors (Lipinski definition) is 6. The predicted octanol–water partition coefficient (Wildman–Crippen LogP) is 3.62. The van der Waals surface area contributed by atoms with E-state index in [0.717, 1.165) is 24.6 Å². The van der Waals surface area contributed by atoms with E-state index in [1.807, 2.05) is 18.2 Å².